The van der Waals surface area contributed by atoms with Crippen LogP contribution < -0.4 is 5.32 Å². The molecule has 1 saturated heterocycles. The normalized spacial score (nSPS) is 15.7. The van der Waals surface area contributed by atoms with Gasteiger partial charge in [-0.3, -0.25) is 4.79 Å². The number of rotatable bonds is 10. The first-order chi connectivity index (χ1) is 15.3. The number of aromatic nitrogens is 2. The zero-order valence-electron chi connectivity index (χ0n) is 18.9. The first-order valence-corrected chi connectivity index (χ1v) is 12.3. The summed E-state index contributed by atoms with van der Waals surface area (Å²) in [7, 11) is -1.88. The first-order valence-electron chi connectivity index (χ1n) is 10.9. The first kappa shape index (κ1) is 24.4. The van der Waals surface area contributed by atoms with Crippen LogP contribution >= 0.6 is 0 Å². The smallest absolute Gasteiger partial charge is 0.262 e. The Labute approximate surface area is 189 Å². The summed E-state index contributed by atoms with van der Waals surface area (Å²) in [5, 5.41) is 3.01. The van der Waals surface area contributed by atoms with Gasteiger partial charge in [0.05, 0.1) is 19.8 Å². The molecule has 32 heavy (non-hydrogen) atoms. The largest absolute Gasteiger partial charge is 0.379 e. The Morgan fingerprint density at radius 2 is 1.94 bits per heavy atom. The Kier molecular flexibility index (Phi) is 8.41. The maximum absolute atomic E-state index is 12.8. The second kappa shape index (κ2) is 11.0. The van der Waals surface area contributed by atoms with Crippen LogP contribution in [0.2, 0.25) is 0 Å². The van der Waals surface area contributed by atoms with Crippen molar-refractivity contribution in [3.63, 3.8) is 0 Å². The molecule has 0 aliphatic carbocycles. The highest BCUT2D eigenvalue weighted by atomic mass is 32.2. The molecule has 0 bridgehead atoms. The molecule has 0 spiro atoms. The average molecular weight is 465 g/mol. The second-order valence-electron chi connectivity index (χ2n) is 7.85. The highest BCUT2D eigenvalue weighted by molar-refractivity contribution is 7.89. The Morgan fingerprint density at radius 3 is 2.59 bits per heavy atom. The lowest BCUT2D eigenvalue weighted by atomic mass is 9.97. The lowest BCUT2D eigenvalue weighted by Gasteiger charge is -2.30. The van der Waals surface area contributed by atoms with Gasteiger partial charge in [0, 0.05) is 44.5 Å². The number of benzene rings is 1. The van der Waals surface area contributed by atoms with Crippen molar-refractivity contribution in [2.24, 2.45) is 13.0 Å². The van der Waals surface area contributed by atoms with Gasteiger partial charge in [-0.05, 0) is 44.4 Å². The van der Waals surface area contributed by atoms with E-state index in [0.717, 1.165) is 5.56 Å². The third kappa shape index (κ3) is 6.16. The van der Waals surface area contributed by atoms with Gasteiger partial charge in [0.25, 0.3) is 10.0 Å². The quantitative estimate of drug-likeness (QED) is 0.542. The molecule has 10 heteroatoms. The molecule has 1 aliphatic rings. The van der Waals surface area contributed by atoms with Gasteiger partial charge in [-0.1, -0.05) is 12.1 Å². The van der Waals surface area contributed by atoms with Crippen molar-refractivity contribution in [3.05, 3.63) is 41.9 Å². The minimum absolute atomic E-state index is 0.0562. The molecule has 1 aromatic heterocycles. The van der Waals surface area contributed by atoms with Crippen molar-refractivity contribution in [2.75, 3.05) is 38.2 Å². The van der Waals surface area contributed by atoms with E-state index in [2.05, 4.69) is 10.3 Å². The van der Waals surface area contributed by atoms with Gasteiger partial charge in [-0.25, -0.2) is 13.4 Å². The topological polar surface area (TPSA) is 103 Å². The molecule has 1 fully saturated rings. The number of hydrogen-bond donors (Lipinski definition) is 1. The molecule has 0 unspecified atom stereocenters. The molecule has 1 aliphatic heterocycles. The van der Waals surface area contributed by atoms with Crippen molar-refractivity contribution >= 4 is 21.6 Å². The monoisotopic (exact) mass is 464 g/mol. The number of carbonyl (C=O) groups is 1. The predicted octanol–water partition coefficient (Wildman–Crippen LogP) is 2.32. The number of anilines is 1. The summed E-state index contributed by atoms with van der Waals surface area (Å²) in [6.07, 6.45) is 2.46. The van der Waals surface area contributed by atoms with Gasteiger partial charge in [0.1, 0.15) is 5.82 Å². The molecule has 3 rings (SSSR count). The summed E-state index contributed by atoms with van der Waals surface area (Å²) in [6, 6.07) is 7.55. The van der Waals surface area contributed by atoms with Crippen LogP contribution in [0.5, 0.6) is 0 Å². The maximum Gasteiger partial charge on any atom is 0.262 e. The summed E-state index contributed by atoms with van der Waals surface area (Å²) in [5.74, 6) is 0.308. The van der Waals surface area contributed by atoms with Crippen molar-refractivity contribution in [1.82, 2.24) is 13.9 Å². The summed E-state index contributed by atoms with van der Waals surface area (Å²) in [6.45, 7) is 6.48. The molecule has 1 amide bonds. The van der Waals surface area contributed by atoms with Crippen LogP contribution in [0.3, 0.4) is 0 Å². The molecule has 9 nitrogen and oxygen atoms in total. The predicted molar refractivity (Wildman–Crippen MR) is 121 cm³/mol. The number of amides is 1. The van der Waals surface area contributed by atoms with Gasteiger partial charge in [-0.15, -0.1) is 0 Å². The third-order valence-electron chi connectivity index (χ3n) is 5.55. The molecular formula is C22H32N4O5S. The number of sulfonamides is 1. The van der Waals surface area contributed by atoms with Crippen LogP contribution in [0.25, 0.3) is 0 Å². The van der Waals surface area contributed by atoms with E-state index in [9.17, 15) is 13.2 Å². The van der Waals surface area contributed by atoms with E-state index in [1.165, 1.54) is 10.5 Å². The fourth-order valence-corrected chi connectivity index (χ4v) is 5.07. The van der Waals surface area contributed by atoms with Gasteiger partial charge >= 0.3 is 0 Å². The van der Waals surface area contributed by atoms with E-state index in [1.807, 2.05) is 31.2 Å². The van der Waals surface area contributed by atoms with E-state index in [-0.39, 0.29) is 16.9 Å². The molecule has 0 radical (unpaired) electrons. The maximum atomic E-state index is 12.8. The lowest BCUT2D eigenvalue weighted by Crippen LogP contribution is -2.41. The van der Waals surface area contributed by atoms with Crippen molar-refractivity contribution in [1.29, 1.82) is 0 Å². The Morgan fingerprint density at radius 1 is 1.22 bits per heavy atom. The van der Waals surface area contributed by atoms with Crippen molar-refractivity contribution in [2.45, 2.75) is 38.3 Å². The number of hydrogen-bond acceptors (Lipinski definition) is 6. The van der Waals surface area contributed by atoms with Crippen LogP contribution in [-0.2, 0) is 37.9 Å². The highest BCUT2D eigenvalue weighted by Gasteiger charge is 2.33. The number of nitrogens with one attached hydrogen (secondary N) is 1. The Bertz CT molecular complexity index is 994. The van der Waals surface area contributed by atoms with Gasteiger partial charge in [-0.2, -0.15) is 4.31 Å². The number of ether oxygens (including phenoxy) is 2. The van der Waals surface area contributed by atoms with Gasteiger partial charge < -0.3 is 19.4 Å². The number of aryl methyl sites for hydroxylation is 2. The number of piperidine rings is 1. The van der Waals surface area contributed by atoms with E-state index >= 15 is 0 Å². The zero-order valence-corrected chi connectivity index (χ0v) is 19.7. The molecule has 1 aromatic carbocycles. The van der Waals surface area contributed by atoms with Crippen molar-refractivity contribution < 1.29 is 22.7 Å². The molecule has 2 aromatic rings. The summed E-state index contributed by atoms with van der Waals surface area (Å²) < 4.78 is 39.6. The molecular weight excluding hydrogens is 432 g/mol. The van der Waals surface area contributed by atoms with E-state index in [1.54, 1.807) is 18.5 Å². The summed E-state index contributed by atoms with van der Waals surface area (Å²) in [4.78, 5) is 16.9. The SMILES string of the molecule is CCOCCOCc1cccc(NC(=O)C2CCN(S(=O)(=O)c3cn(C)c(C)n3)CC2)c1. The minimum atomic E-state index is -3.65. The van der Waals surface area contributed by atoms with Crippen LogP contribution in [0.15, 0.2) is 35.5 Å². The van der Waals surface area contributed by atoms with Gasteiger partial charge in [0.2, 0.25) is 5.91 Å². The third-order valence-corrected chi connectivity index (χ3v) is 7.33. The molecule has 1 N–H and O–H groups in total. The highest BCUT2D eigenvalue weighted by Crippen LogP contribution is 2.25. The number of imidazole rings is 1. The average Bonchev–Trinajstić information content (AvgIpc) is 3.13. The summed E-state index contributed by atoms with van der Waals surface area (Å²) in [5.41, 5.74) is 1.67. The second-order valence-corrected chi connectivity index (χ2v) is 9.74. The summed E-state index contributed by atoms with van der Waals surface area (Å²) >= 11 is 0. The van der Waals surface area contributed by atoms with E-state index in [4.69, 9.17) is 9.47 Å². The molecule has 176 valence electrons. The molecule has 2 heterocycles. The molecule has 0 saturated carbocycles. The number of carbonyl (C=O) groups excluding carboxylic acids is 1. The lowest BCUT2D eigenvalue weighted by molar-refractivity contribution is -0.120. The Hall–Kier alpha value is -2.27. The van der Waals surface area contributed by atoms with Crippen LogP contribution in [0.1, 0.15) is 31.2 Å². The van der Waals surface area contributed by atoms with Crippen LogP contribution in [0.4, 0.5) is 5.69 Å². The standard InChI is InChI=1S/C22H32N4O5S/c1-4-30-12-13-31-16-18-6-5-7-20(14-18)24-22(27)19-8-10-26(11-9-19)32(28,29)21-15-25(3)17(2)23-21/h5-7,14-15,19H,4,8-13,16H2,1-3H3,(H,24,27). The van der Waals surface area contributed by atoms with E-state index in [0.29, 0.717) is 63.9 Å². The molecule has 0 atom stereocenters. The van der Waals surface area contributed by atoms with Crippen LogP contribution in [-0.4, -0.2) is 61.1 Å². The number of nitrogens with zero attached hydrogens (tertiary/aromatic N) is 3. The van der Waals surface area contributed by atoms with E-state index < -0.39 is 10.0 Å². The Balaban J connectivity index is 1.51. The fraction of sp³-hybridized carbons (Fsp3) is 0.545. The minimum Gasteiger partial charge on any atom is -0.379 e. The van der Waals surface area contributed by atoms with Crippen molar-refractivity contribution in [3.8, 4) is 0 Å². The zero-order chi connectivity index (χ0) is 23.1. The van der Waals surface area contributed by atoms with Crippen LogP contribution in [0, 0.1) is 12.8 Å². The fourth-order valence-electron chi connectivity index (χ4n) is 3.58. The van der Waals surface area contributed by atoms with Gasteiger partial charge in [0.15, 0.2) is 5.03 Å².